The number of hydrogen-bond acceptors (Lipinski definition) is 5. The highest BCUT2D eigenvalue weighted by Crippen LogP contribution is 2.37. The third-order valence-corrected chi connectivity index (χ3v) is 7.25. The lowest BCUT2D eigenvalue weighted by atomic mass is 9.96. The van der Waals surface area contributed by atoms with Crippen LogP contribution < -0.4 is 5.43 Å². The van der Waals surface area contributed by atoms with Crippen LogP contribution in [0.3, 0.4) is 0 Å². The summed E-state index contributed by atoms with van der Waals surface area (Å²) in [5, 5.41) is 20.0. The van der Waals surface area contributed by atoms with Gasteiger partial charge in [0.15, 0.2) is 17.1 Å². The van der Waals surface area contributed by atoms with Gasteiger partial charge in [-0.15, -0.1) is 0 Å². The van der Waals surface area contributed by atoms with Gasteiger partial charge in [0.1, 0.15) is 6.04 Å². The zero-order valence-corrected chi connectivity index (χ0v) is 21.5. The molecule has 2 aromatic heterocycles. The largest absolute Gasteiger partial charge is 0.502 e. The van der Waals surface area contributed by atoms with Crippen LogP contribution in [0, 0.1) is 35.5 Å². The summed E-state index contributed by atoms with van der Waals surface area (Å²) in [6.45, 7) is 4.15. The van der Waals surface area contributed by atoms with E-state index in [4.69, 9.17) is 5.10 Å². The van der Waals surface area contributed by atoms with Gasteiger partial charge in [-0.3, -0.25) is 14.3 Å². The lowest BCUT2D eigenvalue weighted by Crippen LogP contribution is -2.50. The Balaban J connectivity index is 1.53. The van der Waals surface area contributed by atoms with Gasteiger partial charge >= 0.3 is 0 Å². The van der Waals surface area contributed by atoms with Crippen LogP contribution in [0.1, 0.15) is 78.9 Å². The normalized spacial score (nSPS) is 19.3. The lowest BCUT2D eigenvalue weighted by Gasteiger charge is -2.40. The zero-order chi connectivity index (χ0) is 26.4. The molecule has 8 heteroatoms. The number of nitrogens with zero attached hydrogens (tertiary/aromatic N) is 5. The maximum absolute atomic E-state index is 13.3. The van der Waals surface area contributed by atoms with Crippen LogP contribution in [0.25, 0.3) is 0 Å². The molecule has 2 aliphatic carbocycles. The second kappa shape index (κ2) is 9.54. The van der Waals surface area contributed by atoms with Crippen molar-refractivity contribution >= 4 is 5.91 Å². The minimum Gasteiger partial charge on any atom is -0.502 e. The molecule has 0 radical (unpaired) electrons. The number of fused-ring (bicyclic) bond motifs is 1. The van der Waals surface area contributed by atoms with Crippen LogP contribution >= 0.6 is 0 Å². The number of aromatic nitrogens is 4. The molecule has 3 aliphatic rings. The van der Waals surface area contributed by atoms with E-state index in [2.05, 4.69) is 28.8 Å². The minimum atomic E-state index is -0.681. The van der Waals surface area contributed by atoms with Crippen molar-refractivity contribution in [2.45, 2.75) is 57.7 Å². The van der Waals surface area contributed by atoms with Crippen molar-refractivity contribution in [3.63, 3.8) is 0 Å². The predicted molar refractivity (Wildman–Crippen MR) is 141 cm³/mol. The monoisotopic (exact) mass is 507 g/mol. The molecule has 1 amide bonds. The Morgan fingerprint density at radius 2 is 1.68 bits per heavy atom. The predicted octanol–water partition coefficient (Wildman–Crippen LogP) is 3.36. The van der Waals surface area contributed by atoms with Crippen molar-refractivity contribution < 1.29 is 9.90 Å². The first kappa shape index (κ1) is 24.1. The average Bonchev–Trinajstić information content (AvgIpc) is 3.85. The second-order valence-electron chi connectivity index (χ2n) is 10.6. The highest BCUT2D eigenvalue weighted by Gasteiger charge is 2.41. The third kappa shape index (κ3) is 4.59. The number of aromatic hydroxyl groups is 1. The van der Waals surface area contributed by atoms with Gasteiger partial charge < -0.3 is 10.0 Å². The molecule has 1 aliphatic heterocycles. The molecule has 3 aromatic rings. The number of carbonyl (C=O) groups excluding carboxylic acids is 1. The average molecular weight is 508 g/mol. The molecule has 0 bridgehead atoms. The first-order chi connectivity index (χ1) is 18.4. The molecule has 0 saturated heterocycles. The summed E-state index contributed by atoms with van der Waals surface area (Å²) in [5.41, 5.74) is 1.61. The van der Waals surface area contributed by atoms with Gasteiger partial charge in [0.25, 0.3) is 5.91 Å². The van der Waals surface area contributed by atoms with Gasteiger partial charge in [-0.25, -0.2) is 4.68 Å². The quantitative estimate of drug-likeness (QED) is 0.547. The van der Waals surface area contributed by atoms with Gasteiger partial charge in [0.2, 0.25) is 5.43 Å². The fraction of sp³-hybridized carbons (Fsp3) is 0.400. The highest BCUT2D eigenvalue weighted by molar-refractivity contribution is 5.95. The van der Waals surface area contributed by atoms with Crippen molar-refractivity contribution in [1.29, 1.82) is 0 Å². The second-order valence-corrected chi connectivity index (χ2v) is 10.6. The number of benzene rings is 1. The summed E-state index contributed by atoms with van der Waals surface area (Å²) in [6.07, 6.45) is 7.49. The van der Waals surface area contributed by atoms with Gasteiger partial charge in [0.05, 0.1) is 17.8 Å². The molecule has 1 aromatic carbocycles. The van der Waals surface area contributed by atoms with Crippen molar-refractivity contribution in [3.05, 3.63) is 75.5 Å². The maximum Gasteiger partial charge on any atom is 0.276 e. The summed E-state index contributed by atoms with van der Waals surface area (Å²) in [4.78, 5) is 27.3. The van der Waals surface area contributed by atoms with E-state index in [1.807, 2.05) is 55.1 Å². The van der Waals surface area contributed by atoms with Crippen molar-refractivity contribution in [1.82, 2.24) is 24.5 Å². The first-order valence-electron chi connectivity index (χ1n) is 13.2. The Hall–Kier alpha value is -4.30. The summed E-state index contributed by atoms with van der Waals surface area (Å²) in [7, 11) is 0. The zero-order valence-electron chi connectivity index (χ0n) is 21.5. The van der Waals surface area contributed by atoms with Crippen LogP contribution in [0.15, 0.2) is 47.5 Å². The van der Waals surface area contributed by atoms with Gasteiger partial charge in [-0.05, 0) is 51.0 Å². The van der Waals surface area contributed by atoms with E-state index < -0.39 is 29.2 Å². The molecule has 6 rings (SSSR count). The van der Waals surface area contributed by atoms with E-state index in [0.717, 1.165) is 43.0 Å². The van der Waals surface area contributed by atoms with E-state index in [1.165, 1.54) is 4.68 Å². The molecular formula is C30H29N5O3. The number of rotatable bonds is 4. The van der Waals surface area contributed by atoms with Crippen LogP contribution in [0.4, 0.5) is 0 Å². The standard InChI is InChI=1S/C30H29N5O3/c1-19(2)33-18-25(35-28(30(33)38)29(37)26(36)16-31-35)27(22-6-4-3-5-7-22)34-17-23(14-12-20-8-9-20)24(32-34)15-13-21-10-11-21/h3-7,16-17,19-21,25,27,37H,8-11,18H2,1-2H3/t25-,27-/m1/s1. The molecular weight excluding hydrogens is 478 g/mol. The molecule has 2 atom stereocenters. The smallest absolute Gasteiger partial charge is 0.276 e. The van der Waals surface area contributed by atoms with E-state index in [0.29, 0.717) is 24.1 Å². The van der Waals surface area contributed by atoms with Gasteiger partial charge in [0, 0.05) is 30.6 Å². The number of carbonyl (C=O) groups is 1. The van der Waals surface area contributed by atoms with Crippen LogP contribution in [-0.4, -0.2) is 48.1 Å². The maximum atomic E-state index is 13.3. The first-order valence-corrected chi connectivity index (χ1v) is 13.2. The molecule has 38 heavy (non-hydrogen) atoms. The molecule has 0 spiro atoms. The van der Waals surface area contributed by atoms with E-state index in [1.54, 1.807) is 4.90 Å². The topological polar surface area (TPSA) is 93.2 Å². The molecule has 1 N–H and O–H groups in total. The molecule has 8 nitrogen and oxygen atoms in total. The number of hydrogen-bond donors (Lipinski definition) is 1. The van der Waals surface area contributed by atoms with Crippen molar-refractivity contribution in [2.24, 2.45) is 11.8 Å². The van der Waals surface area contributed by atoms with E-state index >= 15 is 0 Å². The Kier molecular flexibility index (Phi) is 6.04. The van der Waals surface area contributed by atoms with Crippen LogP contribution in [0.2, 0.25) is 0 Å². The Bertz CT molecular complexity index is 1530. The lowest BCUT2D eigenvalue weighted by molar-refractivity contribution is 0.0547. The van der Waals surface area contributed by atoms with E-state index in [9.17, 15) is 14.7 Å². The Morgan fingerprint density at radius 3 is 2.34 bits per heavy atom. The highest BCUT2D eigenvalue weighted by atomic mass is 16.3. The van der Waals surface area contributed by atoms with Gasteiger partial charge in [-0.1, -0.05) is 48.1 Å². The van der Waals surface area contributed by atoms with E-state index in [-0.39, 0.29) is 11.7 Å². The van der Waals surface area contributed by atoms with Gasteiger partial charge in [-0.2, -0.15) is 10.2 Å². The summed E-state index contributed by atoms with van der Waals surface area (Å²) >= 11 is 0. The van der Waals surface area contributed by atoms with Crippen molar-refractivity contribution in [3.8, 4) is 29.4 Å². The third-order valence-electron chi connectivity index (χ3n) is 7.25. The van der Waals surface area contributed by atoms with Crippen LogP contribution in [0.5, 0.6) is 5.75 Å². The fourth-order valence-electron chi connectivity index (χ4n) is 4.81. The SMILES string of the molecule is CC(C)N1C[C@H]([C@@H](c2ccccc2)n2cc(C#CC3CC3)c(C#CC3CC3)n2)n2ncc(=O)c(O)c2C1=O. The summed E-state index contributed by atoms with van der Waals surface area (Å²) in [6, 6.07) is 8.87. The summed E-state index contributed by atoms with van der Waals surface area (Å²) in [5.74, 6) is 13.1. The molecule has 2 fully saturated rings. The van der Waals surface area contributed by atoms with Crippen molar-refractivity contribution in [2.75, 3.05) is 6.54 Å². The molecule has 2 saturated carbocycles. The molecule has 3 heterocycles. The Morgan fingerprint density at radius 1 is 1.00 bits per heavy atom. The minimum absolute atomic E-state index is 0.0990. The molecule has 192 valence electrons. The van der Waals surface area contributed by atoms with Crippen LogP contribution in [-0.2, 0) is 0 Å². The number of amides is 1. The Labute approximate surface area is 221 Å². The summed E-state index contributed by atoms with van der Waals surface area (Å²) < 4.78 is 3.35. The molecule has 0 unspecified atom stereocenters. The fourth-order valence-corrected chi connectivity index (χ4v) is 4.81.